The summed E-state index contributed by atoms with van der Waals surface area (Å²) in [5, 5.41) is 0. The molecule has 2 fully saturated rings. The van der Waals surface area contributed by atoms with Gasteiger partial charge in [-0.3, -0.25) is 4.79 Å². The minimum absolute atomic E-state index is 0.279. The van der Waals surface area contributed by atoms with Crippen LogP contribution in [0.2, 0.25) is 0 Å². The second-order valence-electron chi connectivity index (χ2n) is 6.25. The van der Waals surface area contributed by atoms with Crippen molar-refractivity contribution < 1.29 is 4.79 Å². The molecule has 0 aromatic rings. The average molecular weight is 302 g/mol. The highest BCUT2D eigenvalue weighted by Crippen LogP contribution is 2.40. The third-order valence-electron chi connectivity index (χ3n) is 4.51. The van der Waals surface area contributed by atoms with Gasteiger partial charge in [0, 0.05) is 12.6 Å². The fourth-order valence-electron chi connectivity index (χ4n) is 3.51. The molecule has 3 unspecified atom stereocenters. The zero-order chi connectivity index (χ0) is 12.6. The summed E-state index contributed by atoms with van der Waals surface area (Å²) in [6, 6.07) is 0.511. The van der Waals surface area contributed by atoms with Gasteiger partial charge in [-0.1, -0.05) is 35.7 Å². The molecule has 1 heterocycles. The normalized spacial score (nSPS) is 34.4. The lowest BCUT2D eigenvalue weighted by Crippen LogP contribution is -2.55. The summed E-state index contributed by atoms with van der Waals surface area (Å²) in [6.07, 6.45) is 6.35. The van der Waals surface area contributed by atoms with E-state index >= 15 is 0 Å². The van der Waals surface area contributed by atoms with Crippen LogP contribution in [-0.4, -0.2) is 27.7 Å². The van der Waals surface area contributed by atoms with Crippen molar-refractivity contribution >= 4 is 21.8 Å². The molecule has 0 radical (unpaired) electrons. The number of rotatable bonds is 1. The molecule has 1 amide bonds. The molecular weight excluding hydrogens is 278 g/mol. The zero-order valence-corrected chi connectivity index (χ0v) is 12.8. The van der Waals surface area contributed by atoms with Gasteiger partial charge in [0.2, 0.25) is 5.91 Å². The molecule has 3 atom stereocenters. The van der Waals surface area contributed by atoms with Crippen LogP contribution in [0.5, 0.6) is 0 Å². The number of carbonyl (C=O) groups excluding carboxylic acids is 1. The van der Waals surface area contributed by atoms with Crippen molar-refractivity contribution in [3.05, 3.63) is 0 Å². The molecule has 2 aliphatic rings. The maximum Gasteiger partial charge on any atom is 0.239 e. The number of fused-ring (bicyclic) bond motifs is 1. The fraction of sp³-hybridized carbons (Fsp3) is 0.929. The molecule has 1 aliphatic carbocycles. The number of hydrogen-bond acceptors (Lipinski definition) is 1. The molecule has 2 nitrogen and oxygen atoms in total. The summed E-state index contributed by atoms with van der Waals surface area (Å²) in [6.45, 7) is 7.25. The Bertz CT molecular complexity index is 297. The van der Waals surface area contributed by atoms with E-state index in [1.165, 1.54) is 32.1 Å². The first-order valence-corrected chi connectivity index (χ1v) is 7.70. The SMILES string of the molecule is CC1CCN(C(=O)C(C)(C)Br)C2CCCCC12. The van der Waals surface area contributed by atoms with Gasteiger partial charge in [-0.05, 0) is 44.9 Å². The first kappa shape index (κ1) is 13.4. The predicted octanol–water partition coefficient (Wildman–Crippen LogP) is 3.59. The highest BCUT2D eigenvalue weighted by molar-refractivity contribution is 9.10. The van der Waals surface area contributed by atoms with Gasteiger partial charge in [0.1, 0.15) is 0 Å². The van der Waals surface area contributed by atoms with Crippen LogP contribution in [0.15, 0.2) is 0 Å². The minimum atomic E-state index is -0.407. The van der Waals surface area contributed by atoms with Crippen LogP contribution in [0.25, 0.3) is 0 Å². The molecule has 17 heavy (non-hydrogen) atoms. The number of nitrogens with zero attached hydrogens (tertiary/aromatic N) is 1. The van der Waals surface area contributed by atoms with E-state index in [1.807, 2.05) is 13.8 Å². The highest BCUT2D eigenvalue weighted by atomic mass is 79.9. The number of carbonyl (C=O) groups is 1. The lowest BCUT2D eigenvalue weighted by atomic mass is 9.72. The van der Waals surface area contributed by atoms with Crippen LogP contribution in [0.3, 0.4) is 0 Å². The molecule has 3 heteroatoms. The summed E-state index contributed by atoms with van der Waals surface area (Å²) in [5.74, 6) is 1.82. The Morgan fingerprint density at radius 2 is 1.88 bits per heavy atom. The summed E-state index contributed by atoms with van der Waals surface area (Å²) in [5.41, 5.74) is 0. The summed E-state index contributed by atoms with van der Waals surface area (Å²) >= 11 is 3.52. The van der Waals surface area contributed by atoms with E-state index in [-0.39, 0.29) is 5.91 Å². The van der Waals surface area contributed by atoms with Crippen molar-refractivity contribution in [2.24, 2.45) is 11.8 Å². The van der Waals surface area contributed by atoms with Gasteiger partial charge in [0.25, 0.3) is 0 Å². The highest BCUT2D eigenvalue weighted by Gasteiger charge is 2.42. The van der Waals surface area contributed by atoms with Crippen LogP contribution in [0, 0.1) is 11.8 Å². The van der Waals surface area contributed by atoms with Gasteiger partial charge in [-0.2, -0.15) is 0 Å². The van der Waals surface area contributed by atoms with E-state index in [1.54, 1.807) is 0 Å². The van der Waals surface area contributed by atoms with Crippen LogP contribution < -0.4 is 0 Å². The maximum absolute atomic E-state index is 12.5. The monoisotopic (exact) mass is 301 g/mol. The van der Waals surface area contributed by atoms with Gasteiger partial charge in [-0.25, -0.2) is 0 Å². The van der Waals surface area contributed by atoms with Crippen molar-refractivity contribution in [3.63, 3.8) is 0 Å². The number of hydrogen-bond donors (Lipinski definition) is 0. The second-order valence-corrected chi connectivity index (χ2v) is 8.24. The lowest BCUT2D eigenvalue weighted by Gasteiger charge is -2.48. The molecule has 1 aliphatic heterocycles. The Balaban J connectivity index is 2.15. The van der Waals surface area contributed by atoms with Crippen molar-refractivity contribution in [3.8, 4) is 0 Å². The van der Waals surface area contributed by atoms with Gasteiger partial charge in [-0.15, -0.1) is 0 Å². The topological polar surface area (TPSA) is 20.3 Å². The number of amides is 1. The molecule has 0 N–H and O–H groups in total. The van der Waals surface area contributed by atoms with Crippen LogP contribution in [0.4, 0.5) is 0 Å². The Kier molecular flexibility index (Phi) is 3.86. The fourth-order valence-corrected chi connectivity index (χ4v) is 3.73. The number of piperidine rings is 1. The third kappa shape index (κ3) is 2.69. The first-order chi connectivity index (χ1) is 7.91. The van der Waals surface area contributed by atoms with Gasteiger partial charge in [0.05, 0.1) is 4.32 Å². The maximum atomic E-state index is 12.5. The number of halogens is 1. The molecule has 0 aromatic carbocycles. The van der Waals surface area contributed by atoms with Crippen LogP contribution in [0.1, 0.15) is 52.9 Å². The smallest absolute Gasteiger partial charge is 0.239 e. The Morgan fingerprint density at radius 1 is 1.24 bits per heavy atom. The summed E-state index contributed by atoms with van der Waals surface area (Å²) in [7, 11) is 0. The minimum Gasteiger partial charge on any atom is -0.338 e. The Hall–Kier alpha value is -0.0500. The Morgan fingerprint density at radius 3 is 2.53 bits per heavy atom. The van der Waals surface area contributed by atoms with E-state index in [9.17, 15) is 4.79 Å². The number of likely N-dealkylation sites (tertiary alicyclic amines) is 1. The van der Waals surface area contributed by atoms with E-state index in [4.69, 9.17) is 0 Å². The van der Waals surface area contributed by atoms with E-state index < -0.39 is 4.32 Å². The number of alkyl halides is 1. The molecule has 0 spiro atoms. The van der Waals surface area contributed by atoms with Crippen molar-refractivity contribution in [2.45, 2.75) is 63.2 Å². The third-order valence-corrected chi connectivity index (χ3v) is 4.85. The van der Waals surface area contributed by atoms with Crippen molar-refractivity contribution in [1.82, 2.24) is 4.90 Å². The molecule has 2 rings (SSSR count). The van der Waals surface area contributed by atoms with Crippen molar-refractivity contribution in [2.75, 3.05) is 6.54 Å². The van der Waals surface area contributed by atoms with Crippen molar-refractivity contribution in [1.29, 1.82) is 0 Å². The Labute approximate surface area is 113 Å². The van der Waals surface area contributed by atoms with Gasteiger partial charge >= 0.3 is 0 Å². The molecule has 1 saturated carbocycles. The quantitative estimate of drug-likeness (QED) is 0.678. The van der Waals surface area contributed by atoms with E-state index in [0.29, 0.717) is 6.04 Å². The molecule has 98 valence electrons. The van der Waals surface area contributed by atoms with Crippen LogP contribution in [-0.2, 0) is 4.79 Å². The van der Waals surface area contributed by atoms with Gasteiger partial charge in [0.15, 0.2) is 0 Å². The molecule has 0 aromatic heterocycles. The molecular formula is C14H24BrNO. The zero-order valence-electron chi connectivity index (χ0n) is 11.2. The van der Waals surface area contributed by atoms with Gasteiger partial charge < -0.3 is 4.90 Å². The van der Waals surface area contributed by atoms with Crippen LogP contribution >= 0.6 is 15.9 Å². The van der Waals surface area contributed by atoms with E-state index in [2.05, 4.69) is 27.8 Å². The lowest BCUT2D eigenvalue weighted by molar-refractivity contribution is -0.140. The largest absolute Gasteiger partial charge is 0.338 e. The standard InChI is InChI=1S/C14H24BrNO/c1-10-8-9-16(13(17)14(2,3)15)12-7-5-4-6-11(10)12/h10-12H,4-9H2,1-3H3. The first-order valence-electron chi connectivity index (χ1n) is 6.91. The predicted molar refractivity (Wildman–Crippen MR) is 74.2 cm³/mol. The average Bonchev–Trinajstić information content (AvgIpc) is 2.28. The summed E-state index contributed by atoms with van der Waals surface area (Å²) in [4.78, 5) is 14.6. The second kappa shape index (κ2) is 4.91. The van der Waals surface area contributed by atoms with E-state index in [0.717, 1.165) is 18.4 Å². The molecule has 0 bridgehead atoms. The summed E-state index contributed by atoms with van der Waals surface area (Å²) < 4.78 is -0.407. The molecule has 1 saturated heterocycles.